The number of aliphatic hydroxyl groups is 1. The summed E-state index contributed by atoms with van der Waals surface area (Å²) in [5.74, 6) is 0.200. The molecule has 0 saturated carbocycles. The molecule has 0 spiro atoms. The van der Waals surface area contributed by atoms with Gasteiger partial charge in [0.05, 0.1) is 24.7 Å². The highest BCUT2D eigenvalue weighted by Crippen LogP contribution is 2.16. The van der Waals surface area contributed by atoms with E-state index in [0.717, 1.165) is 10.2 Å². The quantitative estimate of drug-likeness (QED) is 0.682. The molecule has 0 saturated heterocycles. The molecular formula is C21H18FN3O3. The van der Waals surface area contributed by atoms with Gasteiger partial charge in [-0.05, 0) is 48.0 Å². The standard InChI is InChI=1S/C21H18FN3O3/c22-17-5-3-16(4-6-17)20-9-10-21(27)25(24-20)13-18(26)14-28-19-7-1-15(2-8-19)11-12-23/h1-10,18,26H,11,13-14H2. The van der Waals surface area contributed by atoms with E-state index in [1.54, 1.807) is 42.5 Å². The number of ether oxygens (including phenoxy) is 1. The van der Waals surface area contributed by atoms with Gasteiger partial charge in [-0.1, -0.05) is 12.1 Å². The van der Waals surface area contributed by atoms with Gasteiger partial charge < -0.3 is 9.84 Å². The smallest absolute Gasteiger partial charge is 0.266 e. The zero-order valence-corrected chi connectivity index (χ0v) is 15.0. The lowest BCUT2D eigenvalue weighted by Crippen LogP contribution is -2.31. The normalized spacial score (nSPS) is 11.6. The topological polar surface area (TPSA) is 88.1 Å². The monoisotopic (exact) mass is 379 g/mol. The van der Waals surface area contributed by atoms with Crippen LogP contribution in [0.5, 0.6) is 5.75 Å². The lowest BCUT2D eigenvalue weighted by Gasteiger charge is -2.14. The zero-order chi connectivity index (χ0) is 19.9. The Bertz CT molecular complexity index is 1020. The summed E-state index contributed by atoms with van der Waals surface area (Å²) in [6.45, 7) is -0.0626. The molecule has 1 aromatic heterocycles. The number of hydrogen-bond donors (Lipinski definition) is 1. The second-order valence-electron chi connectivity index (χ2n) is 6.19. The molecule has 0 bridgehead atoms. The fraction of sp³-hybridized carbons (Fsp3) is 0.190. The average molecular weight is 379 g/mol. The van der Waals surface area contributed by atoms with Crippen molar-refractivity contribution in [2.75, 3.05) is 6.61 Å². The van der Waals surface area contributed by atoms with Gasteiger partial charge in [0.25, 0.3) is 5.56 Å². The second kappa shape index (κ2) is 8.93. The maximum Gasteiger partial charge on any atom is 0.266 e. The number of halogens is 1. The Balaban J connectivity index is 1.64. The third-order valence-electron chi connectivity index (χ3n) is 4.04. The molecule has 1 atom stereocenters. The van der Waals surface area contributed by atoms with E-state index in [2.05, 4.69) is 11.2 Å². The number of nitrogens with zero attached hydrogens (tertiary/aromatic N) is 3. The summed E-state index contributed by atoms with van der Waals surface area (Å²) in [7, 11) is 0. The van der Waals surface area contributed by atoms with Crippen LogP contribution in [0.2, 0.25) is 0 Å². The summed E-state index contributed by atoms with van der Waals surface area (Å²) >= 11 is 0. The molecule has 0 aliphatic heterocycles. The molecule has 0 aliphatic rings. The highest BCUT2D eigenvalue weighted by molar-refractivity contribution is 5.57. The van der Waals surface area contributed by atoms with E-state index >= 15 is 0 Å². The van der Waals surface area contributed by atoms with Crippen molar-refractivity contribution in [3.63, 3.8) is 0 Å². The molecule has 3 aromatic rings. The number of aliphatic hydroxyl groups excluding tert-OH is 1. The van der Waals surface area contributed by atoms with E-state index in [0.29, 0.717) is 23.4 Å². The Kier molecular flexibility index (Phi) is 6.14. The van der Waals surface area contributed by atoms with Gasteiger partial charge in [-0.15, -0.1) is 0 Å². The van der Waals surface area contributed by atoms with Crippen molar-refractivity contribution < 1.29 is 14.2 Å². The summed E-state index contributed by atoms with van der Waals surface area (Å²) in [6.07, 6.45) is -0.630. The van der Waals surface area contributed by atoms with Gasteiger partial charge in [0.1, 0.15) is 24.3 Å². The van der Waals surface area contributed by atoms with Crippen LogP contribution < -0.4 is 10.3 Å². The summed E-state index contributed by atoms with van der Waals surface area (Å²) < 4.78 is 19.7. The number of hydrogen-bond acceptors (Lipinski definition) is 5. The fourth-order valence-electron chi connectivity index (χ4n) is 2.59. The van der Waals surface area contributed by atoms with Gasteiger partial charge in [-0.3, -0.25) is 4.79 Å². The highest BCUT2D eigenvalue weighted by Gasteiger charge is 2.10. The van der Waals surface area contributed by atoms with Crippen LogP contribution in [0.4, 0.5) is 4.39 Å². The van der Waals surface area contributed by atoms with Crippen molar-refractivity contribution in [2.45, 2.75) is 19.1 Å². The van der Waals surface area contributed by atoms with Gasteiger partial charge in [-0.2, -0.15) is 10.4 Å². The molecule has 28 heavy (non-hydrogen) atoms. The molecule has 7 heteroatoms. The number of nitriles is 1. The van der Waals surface area contributed by atoms with E-state index in [-0.39, 0.29) is 24.5 Å². The predicted molar refractivity (Wildman–Crippen MR) is 101 cm³/mol. The van der Waals surface area contributed by atoms with Gasteiger partial charge in [0.15, 0.2) is 0 Å². The van der Waals surface area contributed by atoms with Crippen LogP contribution in [0.25, 0.3) is 11.3 Å². The third kappa shape index (κ3) is 5.02. The Labute approximate surface area is 161 Å². The Morgan fingerprint density at radius 1 is 1.11 bits per heavy atom. The molecular weight excluding hydrogens is 361 g/mol. The van der Waals surface area contributed by atoms with Crippen LogP contribution in [-0.2, 0) is 13.0 Å². The van der Waals surface area contributed by atoms with Crippen molar-refractivity contribution in [3.8, 4) is 23.1 Å². The van der Waals surface area contributed by atoms with E-state index in [4.69, 9.17) is 10.00 Å². The number of benzene rings is 2. The highest BCUT2D eigenvalue weighted by atomic mass is 19.1. The molecule has 3 rings (SSSR count). The maximum atomic E-state index is 13.1. The zero-order valence-electron chi connectivity index (χ0n) is 15.0. The van der Waals surface area contributed by atoms with E-state index < -0.39 is 6.10 Å². The summed E-state index contributed by atoms with van der Waals surface area (Å²) in [5.41, 5.74) is 1.69. The summed E-state index contributed by atoms with van der Waals surface area (Å²) in [5, 5.41) is 23.1. The van der Waals surface area contributed by atoms with Crippen molar-refractivity contribution in [1.29, 1.82) is 5.26 Å². The van der Waals surface area contributed by atoms with Crippen molar-refractivity contribution in [3.05, 3.63) is 82.4 Å². The lowest BCUT2D eigenvalue weighted by atomic mass is 10.1. The van der Waals surface area contributed by atoms with E-state index in [1.165, 1.54) is 18.2 Å². The summed E-state index contributed by atoms with van der Waals surface area (Å²) in [6, 6.07) is 17.8. The van der Waals surface area contributed by atoms with Gasteiger partial charge in [0, 0.05) is 11.6 Å². The van der Waals surface area contributed by atoms with Crippen LogP contribution in [0.3, 0.4) is 0 Å². The largest absolute Gasteiger partial charge is 0.491 e. The first kappa shape index (κ1) is 19.3. The first-order valence-electron chi connectivity index (χ1n) is 8.66. The van der Waals surface area contributed by atoms with Crippen molar-refractivity contribution >= 4 is 0 Å². The minimum Gasteiger partial charge on any atom is -0.491 e. The first-order chi connectivity index (χ1) is 13.5. The van der Waals surface area contributed by atoms with E-state index in [9.17, 15) is 14.3 Å². The Morgan fingerprint density at radius 3 is 2.50 bits per heavy atom. The molecule has 1 unspecified atom stereocenters. The second-order valence-corrected chi connectivity index (χ2v) is 6.19. The van der Waals surface area contributed by atoms with Crippen LogP contribution in [0, 0.1) is 17.1 Å². The predicted octanol–water partition coefficient (Wildman–Crippen LogP) is 2.56. The molecule has 2 aromatic carbocycles. The number of aromatic nitrogens is 2. The van der Waals surface area contributed by atoms with Crippen LogP contribution in [-0.4, -0.2) is 27.6 Å². The SMILES string of the molecule is N#CCc1ccc(OCC(O)Cn2nc(-c3ccc(F)cc3)ccc2=O)cc1. The molecule has 0 radical (unpaired) electrons. The first-order valence-corrected chi connectivity index (χ1v) is 8.66. The van der Waals surface area contributed by atoms with Crippen molar-refractivity contribution in [1.82, 2.24) is 9.78 Å². The maximum absolute atomic E-state index is 13.1. The minimum absolute atomic E-state index is 0.0213. The molecule has 0 fully saturated rings. The molecule has 6 nitrogen and oxygen atoms in total. The third-order valence-corrected chi connectivity index (χ3v) is 4.04. The summed E-state index contributed by atoms with van der Waals surface area (Å²) in [4.78, 5) is 12.0. The van der Waals surface area contributed by atoms with Crippen LogP contribution in [0.15, 0.2) is 65.5 Å². The fourth-order valence-corrected chi connectivity index (χ4v) is 2.59. The van der Waals surface area contributed by atoms with Gasteiger partial charge >= 0.3 is 0 Å². The average Bonchev–Trinajstić information content (AvgIpc) is 2.70. The van der Waals surface area contributed by atoms with Gasteiger partial charge in [-0.25, -0.2) is 9.07 Å². The van der Waals surface area contributed by atoms with Gasteiger partial charge in [0.2, 0.25) is 0 Å². The molecule has 142 valence electrons. The Morgan fingerprint density at radius 2 is 1.82 bits per heavy atom. The lowest BCUT2D eigenvalue weighted by molar-refractivity contribution is 0.0880. The Hall–Kier alpha value is -3.50. The van der Waals surface area contributed by atoms with Crippen LogP contribution >= 0.6 is 0 Å². The molecule has 1 N–H and O–H groups in total. The molecule has 1 heterocycles. The molecule has 0 amide bonds. The minimum atomic E-state index is -0.951. The molecule has 0 aliphatic carbocycles. The van der Waals surface area contributed by atoms with Crippen molar-refractivity contribution in [2.24, 2.45) is 0 Å². The van der Waals surface area contributed by atoms with Crippen LogP contribution in [0.1, 0.15) is 5.56 Å². The van der Waals surface area contributed by atoms with E-state index in [1.807, 2.05) is 0 Å². The number of rotatable bonds is 7.